The molecule has 6 nitrogen and oxygen atoms in total. The first-order valence-electron chi connectivity index (χ1n) is 8.04. The van der Waals surface area contributed by atoms with Crippen LogP contribution < -0.4 is 5.32 Å². The molecule has 0 bridgehead atoms. The number of amides is 1. The van der Waals surface area contributed by atoms with Gasteiger partial charge in [-0.05, 0) is 54.6 Å². The number of ether oxygens (including phenoxy) is 1. The van der Waals surface area contributed by atoms with Gasteiger partial charge < -0.3 is 14.5 Å². The SMILES string of the molecule is O=Cc1ccc(-c2ccc(Cl)c(C(=O)OCC(=O)Nc3ccc(F)cc3)c2)o1. The third-order valence-electron chi connectivity index (χ3n) is 3.68. The Labute approximate surface area is 163 Å². The molecule has 0 saturated heterocycles. The van der Waals surface area contributed by atoms with Crippen molar-refractivity contribution >= 4 is 35.5 Å². The standard InChI is InChI=1S/C20H13ClFNO5/c21-17-7-1-12(18-8-6-15(10-24)28-18)9-16(17)20(26)27-11-19(25)23-14-4-2-13(22)3-5-14/h1-10H,11H2,(H,23,25). The minimum atomic E-state index is -0.803. The zero-order valence-corrected chi connectivity index (χ0v) is 15.0. The van der Waals surface area contributed by atoms with Crippen LogP contribution in [0.15, 0.2) is 59.0 Å². The third kappa shape index (κ3) is 4.63. The molecule has 1 aromatic heterocycles. The number of rotatable bonds is 6. The molecule has 0 aliphatic rings. The summed E-state index contributed by atoms with van der Waals surface area (Å²) in [6.45, 7) is -0.549. The van der Waals surface area contributed by atoms with E-state index in [1.165, 1.54) is 42.5 Å². The number of furan rings is 1. The number of anilines is 1. The molecule has 0 fully saturated rings. The Hall–Kier alpha value is -3.45. The fraction of sp³-hybridized carbons (Fsp3) is 0.0500. The fourth-order valence-electron chi connectivity index (χ4n) is 2.35. The molecular formula is C20H13ClFNO5. The number of carbonyl (C=O) groups is 3. The molecule has 1 N–H and O–H groups in total. The van der Waals surface area contributed by atoms with E-state index in [1.54, 1.807) is 12.1 Å². The topological polar surface area (TPSA) is 85.6 Å². The zero-order valence-electron chi connectivity index (χ0n) is 14.3. The van der Waals surface area contributed by atoms with Crippen LogP contribution in [-0.2, 0) is 9.53 Å². The summed E-state index contributed by atoms with van der Waals surface area (Å²) in [4.78, 5) is 34.9. The quantitative estimate of drug-likeness (QED) is 0.490. The molecule has 3 aromatic rings. The van der Waals surface area contributed by atoms with Crippen LogP contribution >= 0.6 is 11.6 Å². The molecule has 0 saturated carbocycles. The van der Waals surface area contributed by atoms with Crippen molar-refractivity contribution in [3.8, 4) is 11.3 Å². The van der Waals surface area contributed by atoms with E-state index in [0.29, 0.717) is 23.3 Å². The first-order chi connectivity index (χ1) is 13.5. The molecule has 3 rings (SSSR count). The van der Waals surface area contributed by atoms with Crippen molar-refractivity contribution in [2.75, 3.05) is 11.9 Å². The highest BCUT2D eigenvalue weighted by atomic mass is 35.5. The first kappa shape index (κ1) is 19.3. The lowest BCUT2D eigenvalue weighted by Gasteiger charge is -2.08. The van der Waals surface area contributed by atoms with Crippen LogP contribution in [0.5, 0.6) is 0 Å². The highest BCUT2D eigenvalue weighted by Gasteiger charge is 2.16. The highest BCUT2D eigenvalue weighted by Crippen LogP contribution is 2.27. The van der Waals surface area contributed by atoms with E-state index in [1.807, 2.05) is 0 Å². The summed E-state index contributed by atoms with van der Waals surface area (Å²) in [7, 11) is 0. The van der Waals surface area contributed by atoms with Crippen LogP contribution in [-0.4, -0.2) is 24.8 Å². The number of hydrogen-bond donors (Lipinski definition) is 1. The molecule has 1 amide bonds. The number of carbonyl (C=O) groups excluding carboxylic acids is 3. The Bertz CT molecular complexity index is 1030. The zero-order chi connectivity index (χ0) is 20.1. The summed E-state index contributed by atoms with van der Waals surface area (Å²) >= 11 is 6.05. The fourth-order valence-corrected chi connectivity index (χ4v) is 2.54. The van der Waals surface area contributed by atoms with Gasteiger partial charge in [0.2, 0.25) is 0 Å². The average molecular weight is 402 g/mol. The summed E-state index contributed by atoms with van der Waals surface area (Å²) in [6, 6.07) is 12.8. The lowest BCUT2D eigenvalue weighted by Crippen LogP contribution is -2.21. The van der Waals surface area contributed by atoms with Gasteiger partial charge in [0.15, 0.2) is 18.7 Å². The second-order valence-electron chi connectivity index (χ2n) is 5.65. The first-order valence-corrected chi connectivity index (χ1v) is 8.41. The smallest absolute Gasteiger partial charge is 0.340 e. The largest absolute Gasteiger partial charge is 0.453 e. The molecule has 0 unspecified atom stereocenters. The van der Waals surface area contributed by atoms with Crippen LogP contribution in [0.2, 0.25) is 5.02 Å². The Balaban J connectivity index is 1.66. The van der Waals surface area contributed by atoms with Crippen LogP contribution in [0.3, 0.4) is 0 Å². The number of aldehydes is 1. The number of hydrogen-bond acceptors (Lipinski definition) is 5. The number of esters is 1. The van der Waals surface area contributed by atoms with Gasteiger partial charge in [0.25, 0.3) is 5.91 Å². The van der Waals surface area contributed by atoms with Gasteiger partial charge in [-0.3, -0.25) is 9.59 Å². The van der Waals surface area contributed by atoms with E-state index >= 15 is 0 Å². The van der Waals surface area contributed by atoms with Crippen molar-refractivity contribution in [3.63, 3.8) is 0 Å². The number of halogens is 2. The van der Waals surface area contributed by atoms with Gasteiger partial charge >= 0.3 is 5.97 Å². The van der Waals surface area contributed by atoms with Gasteiger partial charge in [0, 0.05) is 11.3 Å². The van der Waals surface area contributed by atoms with Crippen molar-refractivity contribution in [2.24, 2.45) is 0 Å². The lowest BCUT2D eigenvalue weighted by molar-refractivity contribution is -0.119. The van der Waals surface area contributed by atoms with Crippen LogP contribution in [0, 0.1) is 5.82 Å². The predicted molar refractivity (Wildman–Crippen MR) is 99.9 cm³/mol. The van der Waals surface area contributed by atoms with Crippen molar-refractivity contribution < 1.29 is 27.9 Å². The maximum absolute atomic E-state index is 12.9. The van der Waals surface area contributed by atoms with E-state index in [2.05, 4.69) is 5.32 Å². The van der Waals surface area contributed by atoms with Crippen molar-refractivity contribution in [1.29, 1.82) is 0 Å². The number of benzene rings is 2. The van der Waals surface area contributed by atoms with E-state index in [0.717, 1.165) is 0 Å². The number of nitrogens with one attached hydrogen (secondary N) is 1. The van der Waals surface area contributed by atoms with E-state index in [9.17, 15) is 18.8 Å². The Morgan fingerprint density at radius 3 is 2.54 bits per heavy atom. The summed E-state index contributed by atoms with van der Waals surface area (Å²) in [5.41, 5.74) is 0.921. The van der Waals surface area contributed by atoms with Gasteiger partial charge in [-0.2, -0.15) is 0 Å². The molecule has 0 spiro atoms. The predicted octanol–water partition coefficient (Wildman–Crippen LogP) is 4.35. The molecule has 2 aromatic carbocycles. The maximum atomic E-state index is 12.9. The Kier molecular flexibility index (Phi) is 5.86. The minimum Gasteiger partial charge on any atom is -0.453 e. The molecule has 28 heavy (non-hydrogen) atoms. The van der Waals surface area contributed by atoms with Crippen LogP contribution in [0.4, 0.5) is 10.1 Å². The van der Waals surface area contributed by atoms with Crippen molar-refractivity contribution in [1.82, 2.24) is 0 Å². The van der Waals surface area contributed by atoms with Gasteiger partial charge in [0.1, 0.15) is 11.6 Å². The van der Waals surface area contributed by atoms with Crippen LogP contribution in [0.25, 0.3) is 11.3 Å². The summed E-state index contributed by atoms with van der Waals surface area (Å²) in [5.74, 6) is -1.30. The monoisotopic (exact) mass is 401 g/mol. The average Bonchev–Trinajstić information content (AvgIpc) is 3.17. The third-order valence-corrected chi connectivity index (χ3v) is 4.01. The second kappa shape index (κ2) is 8.49. The summed E-state index contributed by atoms with van der Waals surface area (Å²) in [5, 5.41) is 2.61. The van der Waals surface area contributed by atoms with Gasteiger partial charge in [-0.1, -0.05) is 11.6 Å². The van der Waals surface area contributed by atoms with Crippen molar-refractivity contribution in [2.45, 2.75) is 0 Å². The minimum absolute atomic E-state index is 0.0396. The Morgan fingerprint density at radius 1 is 1.11 bits per heavy atom. The normalized spacial score (nSPS) is 10.4. The molecular weight excluding hydrogens is 389 g/mol. The Morgan fingerprint density at radius 2 is 1.86 bits per heavy atom. The van der Waals surface area contributed by atoms with Crippen molar-refractivity contribution in [3.05, 3.63) is 76.8 Å². The molecule has 142 valence electrons. The molecule has 8 heteroatoms. The summed E-state index contributed by atoms with van der Waals surface area (Å²) < 4.78 is 23.2. The lowest BCUT2D eigenvalue weighted by atomic mass is 10.1. The summed E-state index contributed by atoms with van der Waals surface area (Å²) in [6.07, 6.45) is 0.564. The van der Waals surface area contributed by atoms with Crippen LogP contribution in [0.1, 0.15) is 20.9 Å². The van der Waals surface area contributed by atoms with Gasteiger partial charge in [-0.25, -0.2) is 9.18 Å². The second-order valence-corrected chi connectivity index (χ2v) is 6.05. The van der Waals surface area contributed by atoms with Gasteiger partial charge in [-0.15, -0.1) is 0 Å². The molecule has 0 aliphatic heterocycles. The molecule has 0 radical (unpaired) electrons. The maximum Gasteiger partial charge on any atom is 0.340 e. The van der Waals surface area contributed by atoms with Gasteiger partial charge in [0.05, 0.1) is 10.6 Å². The molecule has 0 aliphatic carbocycles. The highest BCUT2D eigenvalue weighted by molar-refractivity contribution is 6.33. The van der Waals surface area contributed by atoms with E-state index in [-0.39, 0.29) is 16.3 Å². The molecule has 0 atom stereocenters. The molecule has 1 heterocycles. The van der Waals surface area contributed by atoms with E-state index < -0.39 is 24.3 Å². The van der Waals surface area contributed by atoms with E-state index in [4.69, 9.17) is 20.8 Å².